The molecule has 20 heavy (non-hydrogen) atoms. The van der Waals surface area contributed by atoms with Crippen LogP contribution in [0.1, 0.15) is 29.4 Å². The number of Topliss-reactive ketones (excluding diaryl/α,β-unsaturated/α-hetero) is 1. The Morgan fingerprint density at radius 3 is 2.90 bits per heavy atom. The van der Waals surface area contributed by atoms with E-state index in [2.05, 4.69) is 9.27 Å². The number of nitrogens with zero attached hydrogens (tertiary/aromatic N) is 2. The zero-order valence-electron chi connectivity index (χ0n) is 11.3. The number of rotatable bonds is 5. The predicted molar refractivity (Wildman–Crippen MR) is 88.3 cm³/mol. The molecule has 0 amide bonds. The van der Waals surface area contributed by atoms with Gasteiger partial charge < -0.3 is 10.6 Å². The third-order valence-corrected chi connectivity index (χ3v) is 6.79. The van der Waals surface area contributed by atoms with Crippen LogP contribution in [0.3, 0.4) is 0 Å². The molecule has 1 aliphatic rings. The summed E-state index contributed by atoms with van der Waals surface area (Å²) >= 11 is 4.68. The second-order valence-electron chi connectivity index (χ2n) is 4.95. The Balaban J connectivity index is 1.72. The van der Waals surface area contributed by atoms with E-state index >= 15 is 0 Å². The smallest absolute Gasteiger partial charge is 0.171 e. The maximum absolute atomic E-state index is 11.5. The SMILES string of the molecule is CC(=O)c1sc2snc(SCCN3CCCC3)c2c1N. The number of ketones is 1. The normalized spacial score (nSPS) is 16.2. The zero-order valence-corrected chi connectivity index (χ0v) is 13.8. The van der Waals surface area contributed by atoms with Crippen molar-refractivity contribution in [1.82, 2.24) is 9.27 Å². The van der Waals surface area contributed by atoms with Crippen molar-refractivity contribution in [1.29, 1.82) is 0 Å². The van der Waals surface area contributed by atoms with Gasteiger partial charge in [0, 0.05) is 19.2 Å². The van der Waals surface area contributed by atoms with Gasteiger partial charge in [0.15, 0.2) is 5.78 Å². The predicted octanol–water partition coefficient (Wildman–Crippen LogP) is 3.33. The minimum absolute atomic E-state index is 0.0453. The van der Waals surface area contributed by atoms with Gasteiger partial charge in [-0.15, -0.1) is 23.1 Å². The van der Waals surface area contributed by atoms with Crippen molar-refractivity contribution in [3.05, 3.63) is 4.88 Å². The molecule has 2 aromatic heterocycles. The molecule has 0 saturated carbocycles. The van der Waals surface area contributed by atoms with Crippen LogP contribution >= 0.6 is 34.6 Å². The summed E-state index contributed by atoms with van der Waals surface area (Å²) in [6, 6.07) is 0. The first kappa shape index (κ1) is 14.3. The standard InChI is InChI=1S/C13H17N3OS3/c1-8(17)11-10(14)9-12(15-20-13(9)19-11)18-7-6-16-4-2-3-5-16/h2-7,14H2,1H3. The summed E-state index contributed by atoms with van der Waals surface area (Å²) in [5.74, 6) is 1.08. The molecule has 0 spiro atoms. The molecular formula is C13H17N3OS3. The zero-order chi connectivity index (χ0) is 14.1. The number of fused-ring (bicyclic) bond motifs is 1. The number of nitrogen functional groups attached to an aromatic ring is 1. The van der Waals surface area contributed by atoms with Crippen LogP contribution in [0.2, 0.25) is 0 Å². The number of hydrogen-bond donors (Lipinski definition) is 1. The Labute approximate surface area is 130 Å². The van der Waals surface area contributed by atoms with Gasteiger partial charge in [-0.05, 0) is 37.5 Å². The fourth-order valence-electron chi connectivity index (χ4n) is 2.46. The van der Waals surface area contributed by atoms with E-state index in [-0.39, 0.29) is 5.78 Å². The number of nitrogens with two attached hydrogens (primary N) is 1. The van der Waals surface area contributed by atoms with Gasteiger partial charge in [0.25, 0.3) is 0 Å². The van der Waals surface area contributed by atoms with Gasteiger partial charge in [0.05, 0.1) is 16.0 Å². The summed E-state index contributed by atoms with van der Waals surface area (Å²) in [6.07, 6.45) is 2.65. The van der Waals surface area contributed by atoms with Crippen LogP contribution in [0.25, 0.3) is 9.40 Å². The Hall–Kier alpha value is -0.630. The largest absolute Gasteiger partial charge is 0.397 e. The van der Waals surface area contributed by atoms with E-state index < -0.39 is 0 Å². The summed E-state index contributed by atoms with van der Waals surface area (Å²) in [6.45, 7) is 5.12. The highest BCUT2D eigenvalue weighted by atomic mass is 32.2. The van der Waals surface area contributed by atoms with Crippen LogP contribution < -0.4 is 5.73 Å². The fourth-order valence-corrected chi connectivity index (χ4v) is 5.72. The van der Waals surface area contributed by atoms with Crippen LogP contribution in [0.5, 0.6) is 0 Å². The first-order chi connectivity index (χ1) is 9.66. The summed E-state index contributed by atoms with van der Waals surface area (Å²) in [5, 5.41) is 1.99. The molecule has 0 atom stereocenters. The first-order valence-electron chi connectivity index (χ1n) is 6.70. The molecule has 7 heteroatoms. The molecule has 2 N–H and O–H groups in total. The fraction of sp³-hybridized carbons (Fsp3) is 0.538. The maximum atomic E-state index is 11.5. The molecule has 3 rings (SSSR count). The van der Waals surface area contributed by atoms with Crippen molar-refractivity contribution < 1.29 is 4.79 Å². The summed E-state index contributed by atoms with van der Waals surface area (Å²) in [5.41, 5.74) is 6.73. The van der Waals surface area contributed by atoms with Crippen molar-refractivity contribution in [2.75, 3.05) is 31.1 Å². The number of thioether (sulfide) groups is 1. The van der Waals surface area contributed by atoms with Gasteiger partial charge in [0.1, 0.15) is 9.04 Å². The van der Waals surface area contributed by atoms with Crippen LogP contribution in [0.4, 0.5) is 5.69 Å². The van der Waals surface area contributed by atoms with E-state index in [0.717, 1.165) is 26.7 Å². The van der Waals surface area contributed by atoms with Crippen molar-refractivity contribution >= 4 is 55.5 Å². The molecule has 2 aromatic rings. The van der Waals surface area contributed by atoms with Gasteiger partial charge in [-0.3, -0.25) is 4.79 Å². The Morgan fingerprint density at radius 1 is 1.45 bits per heavy atom. The molecule has 108 valence electrons. The lowest BCUT2D eigenvalue weighted by Gasteiger charge is -2.13. The van der Waals surface area contributed by atoms with Crippen molar-refractivity contribution in [2.24, 2.45) is 0 Å². The monoisotopic (exact) mass is 327 g/mol. The maximum Gasteiger partial charge on any atom is 0.171 e. The van der Waals surface area contributed by atoms with Gasteiger partial charge >= 0.3 is 0 Å². The third-order valence-electron chi connectivity index (χ3n) is 3.50. The molecule has 0 unspecified atom stereocenters. The minimum atomic E-state index is 0.0453. The van der Waals surface area contributed by atoms with Crippen molar-refractivity contribution in [3.63, 3.8) is 0 Å². The van der Waals surface area contributed by atoms with Gasteiger partial charge in [0.2, 0.25) is 0 Å². The highest BCUT2D eigenvalue weighted by Gasteiger charge is 2.19. The topological polar surface area (TPSA) is 59.2 Å². The quantitative estimate of drug-likeness (QED) is 0.674. The highest BCUT2D eigenvalue weighted by molar-refractivity contribution is 7.99. The molecule has 0 aromatic carbocycles. The van der Waals surface area contributed by atoms with E-state index in [4.69, 9.17) is 5.73 Å². The van der Waals surface area contributed by atoms with E-state index in [1.165, 1.54) is 48.8 Å². The van der Waals surface area contributed by atoms with Gasteiger partial charge in [-0.2, -0.15) is 4.37 Å². The second kappa shape index (κ2) is 6.01. The molecule has 1 fully saturated rings. The number of likely N-dealkylation sites (tertiary alicyclic amines) is 1. The summed E-state index contributed by atoms with van der Waals surface area (Å²) < 4.78 is 5.55. The number of anilines is 1. The summed E-state index contributed by atoms with van der Waals surface area (Å²) in [7, 11) is 0. The molecule has 1 saturated heterocycles. The first-order valence-corrected chi connectivity index (χ1v) is 9.28. The van der Waals surface area contributed by atoms with Gasteiger partial charge in [-0.1, -0.05) is 0 Å². The average Bonchev–Trinajstić information content (AvgIpc) is 3.09. The van der Waals surface area contributed by atoms with Crippen LogP contribution in [-0.2, 0) is 0 Å². The van der Waals surface area contributed by atoms with E-state index in [1.54, 1.807) is 18.7 Å². The molecular weight excluding hydrogens is 310 g/mol. The molecule has 0 aliphatic carbocycles. The van der Waals surface area contributed by atoms with E-state index in [0.29, 0.717) is 10.6 Å². The van der Waals surface area contributed by atoms with Crippen LogP contribution in [0, 0.1) is 0 Å². The number of aromatic nitrogens is 1. The van der Waals surface area contributed by atoms with Crippen molar-refractivity contribution in [3.8, 4) is 0 Å². The minimum Gasteiger partial charge on any atom is -0.397 e. The lowest BCUT2D eigenvalue weighted by Crippen LogP contribution is -2.21. The van der Waals surface area contributed by atoms with Gasteiger partial charge in [-0.25, -0.2) is 0 Å². The van der Waals surface area contributed by atoms with E-state index in [1.807, 2.05) is 0 Å². The highest BCUT2D eigenvalue weighted by Crippen LogP contribution is 2.42. The molecule has 4 nitrogen and oxygen atoms in total. The lowest BCUT2D eigenvalue weighted by atomic mass is 10.3. The Kier molecular flexibility index (Phi) is 4.30. The lowest BCUT2D eigenvalue weighted by molar-refractivity contribution is 0.102. The molecule has 1 aliphatic heterocycles. The number of carbonyl (C=O) groups is 1. The number of hydrogen-bond acceptors (Lipinski definition) is 7. The Morgan fingerprint density at radius 2 is 2.20 bits per heavy atom. The molecule has 0 bridgehead atoms. The number of thiophene rings is 1. The average molecular weight is 328 g/mol. The van der Waals surface area contributed by atoms with Crippen molar-refractivity contribution in [2.45, 2.75) is 24.8 Å². The number of carbonyl (C=O) groups excluding carboxylic acids is 1. The second-order valence-corrected chi connectivity index (χ2v) is 8.08. The van der Waals surface area contributed by atoms with Crippen LogP contribution in [-0.4, -0.2) is 40.4 Å². The van der Waals surface area contributed by atoms with E-state index in [9.17, 15) is 4.79 Å². The summed E-state index contributed by atoms with van der Waals surface area (Å²) in [4.78, 5) is 14.7. The molecule has 3 heterocycles. The Bertz CT molecular complexity index is 628. The van der Waals surface area contributed by atoms with Crippen LogP contribution in [0.15, 0.2) is 5.03 Å². The molecule has 0 radical (unpaired) electrons. The third kappa shape index (κ3) is 2.72.